The number of rotatable bonds is 7. The summed E-state index contributed by atoms with van der Waals surface area (Å²) in [6.45, 7) is 4.37. The molecule has 1 heterocycles. The van der Waals surface area contributed by atoms with E-state index >= 15 is 0 Å². The third-order valence-electron chi connectivity index (χ3n) is 2.91. The second-order valence-electron chi connectivity index (χ2n) is 4.78. The normalized spacial score (nSPS) is 10.3. The van der Waals surface area contributed by atoms with E-state index in [-0.39, 0.29) is 18.0 Å². The van der Waals surface area contributed by atoms with Gasteiger partial charge in [-0.3, -0.25) is 4.79 Å². The highest BCUT2D eigenvalue weighted by Gasteiger charge is 2.20. The Morgan fingerprint density at radius 2 is 2.10 bits per heavy atom. The average molecular weight is 295 g/mol. The Hall–Kier alpha value is -2.15. The predicted octanol–water partition coefficient (Wildman–Crippen LogP) is 0.595. The molecule has 1 amide bonds. The molecular weight excluding hydrogens is 274 g/mol. The molecular formula is C14H21N3O4. The van der Waals surface area contributed by atoms with Crippen LogP contribution in [0.4, 0.5) is 5.82 Å². The highest BCUT2D eigenvalue weighted by Crippen LogP contribution is 2.21. The zero-order valence-electron chi connectivity index (χ0n) is 12.8. The van der Waals surface area contributed by atoms with Crippen molar-refractivity contribution in [3.63, 3.8) is 0 Å². The Labute approximate surface area is 123 Å². The zero-order chi connectivity index (χ0) is 16.0. The molecule has 0 aliphatic carbocycles. The average Bonchev–Trinajstić information content (AvgIpc) is 2.37. The van der Waals surface area contributed by atoms with Crippen LogP contribution in [0.1, 0.15) is 21.6 Å². The smallest absolute Gasteiger partial charge is 0.339 e. The number of aromatic carboxylic acids is 1. The summed E-state index contributed by atoms with van der Waals surface area (Å²) in [4.78, 5) is 28.9. The maximum atomic E-state index is 11.8. The molecule has 2 N–H and O–H groups in total. The van der Waals surface area contributed by atoms with Crippen molar-refractivity contribution in [2.75, 3.05) is 38.8 Å². The van der Waals surface area contributed by atoms with E-state index in [2.05, 4.69) is 10.3 Å². The van der Waals surface area contributed by atoms with E-state index in [4.69, 9.17) is 4.74 Å². The highest BCUT2D eigenvalue weighted by molar-refractivity contribution is 5.95. The van der Waals surface area contributed by atoms with E-state index in [1.165, 1.54) is 4.90 Å². The second-order valence-corrected chi connectivity index (χ2v) is 4.78. The van der Waals surface area contributed by atoms with Gasteiger partial charge in [-0.2, -0.15) is 0 Å². The van der Waals surface area contributed by atoms with Gasteiger partial charge in [0, 0.05) is 26.4 Å². The van der Waals surface area contributed by atoms with Crippen LogP contribution in [0.5, 0.6) is 0 Å². The molecule has 1 rings (SSSR count). The summed E-state index contributed by atoms with van der Waals surface area (Å²) in [6, 6.07) is 1.71. The molecule has 7 heteroatoms. The van der Waals surface area contributed by atoms with Crippen molar-refractivity contribution in [2.45, 2.75) is 13.8 Å². The van der Waals surface area contributed by atoms with E-state index in [1.807, 2.05) is 0 Å². The Morgan fingerprint density at radius 1 is 1.43 bits per heavy atom. The van der Waals surface area contributed by atoms with Crippen molar-refractivity contribution >= 4 is 17.7 Å². The van der Waals surface area contributed by atoms with Crippen LogP contribution in [0.3, 0.4) is 0 Å². The molecule has 116 valence electrons. The third kappa shape index (κ3) is 4.71. The molecule has 0 aliphatic heterocycles. The van der Waals surface area contributed by atoms with Gasteiger partial charge < -0.3 is 20.1 Å². The molecule has 0 fully saturated rings. The SMILES string of the molecule is COCCNC(=O)CN(C)c1nc(C)cc(C)c1C(=O)O. The Kier molecular flexibility index (Phi) is 6.10. The summed E-state index contributed by atoms with van der Waals surface area (Å²) in [7, 11) is 3.19. The molecule has 0 aliphatic rings. The zero-order valence-corrected chi connectivity index (χ0v) is 12.8. The van der Waals surface area contributed by atoms with Gasteiger partial charge in [-0.05, 0) is 25.5 Å². The third-order valence-corrected chi connectivity index (χ3v) is 2.91. The van der Waals surface area contributed by atoms with Crippen molar-refractivity contribution in [3.8, 4) is 0 Å². The molecule has 7 nitrogen and oxygen atoms in total. The van der Waals surface area contributed by atoms with Crippen molar-refractivity contribution in [2.24, 2.45) is 0 Å². The molecule has 0 atom stereocenters. The number of carbonyl (C=O) groups excluding carboxylic acids is 1. The number of carbonyl (C=O) groups is 2. The largest absolute Gasteiger partial charge is 0.478 e. The lowest BCUT2D eigenvalue weighted by Gasteiger charge is -2.21. The van der Waals surface area contributed by atoms with Crippen molar-refractivity contribution in [1.82, 2.24) is 10.3 Å². The maximum absolute atomic E-state index is 11.8. The van der Waals surface area contributed by atoms with Gasteiger partial charge in [-0.15, -0.1) is 0 Å². The van der Waals surface area contributed by atoms with Gasteiger partial charge in [0.2, 0.25) is 5.91 Å². The molecule has 0 radical (unpaired) electrons. The minimum Gasteiger partial charge on any atom is -0.478 e. The number of hydrogen-bond acceptors (Lipinski definition) is 5. The minimum atomic E-state index is -1.05. The first-order valence-electron chi connectivity index (χ1n) is 6.55. The summed E-state index contributed by atoms with van der Waals surface area (Å²) >= 11 is 0. The van der Waals surface area contributed by atoms with Crippen LogP contribution in [0, 0.1) is 13.8 Å². The van der Waals surface area contributed by atoms with Gasteiger partial charge in [0.15, 0.2) is 0 Å². The first kappa shape index (κ1) is 16.9. The summed E-state index contributed by atoms with van der Waals surface area (Å²) in [5.41, 5.74) is 1.45. The Bertz CT molecular complexity index is 531. The van der Waals surface area contributed by atoms with Gasteiger partial charge in [-0.1, -0.05) is 0 Å². The fraction of sp³-hybridized carbons (Fsp3) is 0.500. The van der Waals surface area contributed by atoms with Gasteiger partial charge in [-0.25, -0.2) is 9.78 Å². The predicted molar refractivity (Wildman–Crippen MR) is 78.8 cm³/mol. The number of anilines is 1. The number of nitrogens with zero attached hydrogens (tertiary/aromatic N) is 2. The molecule has 21 heavy (non-hydrogen) atoms. The van der Waals surface area contributed by atoms with Crippen molar-refractivity contribution in [3.05, 3.63) is 22.9 Å². The quantitative estimate of drug-likeness (QED) is 0.716. The van der Waals surface area contributed by atoms with Crippen LogP contribution >= 0.6 is 0 Å². The number of aryl methyl sites for hydroxylation is 2. The minimum absolute atomic E-state index is 0.0277. The topological polar surface area (TPSA) is 91.8 Å². The van der Waals surface area contributed by atoms with Gasteiger partial charge in [0.05, 0.1) is 13.2 Å². The lowest BCUT2D eigenvalue weighted by atomic mass is 10.1. The van der Waals surface area contributed by atoms with Crippen LogP contribution in [0.25, 0.3) is 0 Å². The summed E-state index contributed by atoms with van der Waals surface area (Å²) in [5, 5.41) is 12.0. The highest BCUT2D eigenvalue weighted by atomic mass is 16.5. The first-order valence-corrected chi connectivity index (χ1v) is 6.55. The van der Waals surface area contributed by atoms with Crippen LogP contribution in [0.15, 0.2) is 6.07 Å². The number of amides is 1. The van der Waals surface area contributed by atoms with E-state index in [9.17, 15) is 14.7 Å². The molecule has 0 saturated heterocycles. The number of hydrogen-bond donors (Lipinski definition) is 2. The van der Waals surface area contributed by atoms with Gasteiger partial charge in [0.25, 0.3) is 0 Å². The number of nitrogens with one attached hydrogen (secondary N) is 1. The van der Waals surface area contributed by atoms with E-state index in [1.54, 1.807) is 34.1 Å². The number of carboxylic acid groups (broad SMARTS) is 1. The standard InChI is InChI=1S/C14H21N3O4/c1-9-7-10(2)16-13(12(9)14(19)20)17(3)8-11(18)15-5-6-21-4/h7H,5-6,8H2,1-4H3,(H,15,18)(H,19,20). The number of methoxy groups -OCH3 is 1. The molecule has 0 unspecified atom stereocenters. The van der Waals surface area contributed by atoms with Crippen LogP contribution < -0.4 is 10.2 Å². The molecule has 1 aromatic rings. The number of likely N-dealkylation sites (N-methyl/N-ethyl adjacent to an activating group) is 1. The van der Waals surface area contributed by atoms with Gasteiger partial charge >= 0.3 is 5.97 Å². The Balaban J connectivity index is 2.89. The lowest BCUT2D eigenvalue weighted by molar-refractivity contribution is -0.119. The van der Waals surface area contributed by atoms with E-state index in [0.29, 0.717) is 30.2 Å². The van der Waals surface area contributed by atoms with Crippen LogP contribution in [-0.2, 0) is 9.53 Å². The Morgan fingerprint density at radius 3 is 2.67 bits per heavy atom. The maximum Gasteiger partial charge on any atom is 0.339 e. The summed E-state index contributed by atoms with van der Waals surface area (Å²) in [6.07, 6.45) is 0. The molecule has 0 spiro atoms. The van der Waals surface area contributed by atoms with Crippen molar-refractivity contribution in [1.29, 1.82) is 0 Å². The summed E-state index contributed by atoms with van der Waals surface area (Å²) in [5.74, 6) is -0.976. The molecule has 0 bridgehead atoms. The number of carboxylic acids is 1. The van der Waals surface area contributed by atoms with Crippen molar-refractivity contribution < 1.29 is 19.4 Å². The van der Waals surface area contributed by atoms with Crippen LogP contribution in [0.2, 0.25) is 0 Å². The number of pyridine rings is 1. The van der Waals surface area contributed by atoms with E-state index < -0.39 is 5.97 Å². The fourth-order valence-electron chi connectivity index (χ4n) is 2.00. The van der Waals surface area contributed by atoms with Crippen LogP contribution in [-0.4, -0.2) is 55.8 Å². The number of aromatic nitrogens is 1. The fourth-order valence-corrected chi connectivity index (χ4v) is 2.00. The number of ether oxygens (including phenoxy) is 1. The molecule has 0 saturated carbocycles. The van der Waals surface area contributed by atoms with E-state index in [0.717, 1.165) is 0 Å². The van der Waals surface area contributed by atoms with Gasteiger partial charge in [0.1, 0.15) is 11.4 Å². The lowest BCUT2D eigenvalue weighted by Crippen LogP contribution is -2.37. The first-order chi connectivity index (χ1) is 9.86. The summed E-state index contributed by atoms with van der Waals surface area (Å²) < 4.78 is 4.85. The monoisotopic (exact) mass is 295 g/mol. The molecule has 1 aromatic heterocycles. The molecule has 0 aromatic carbocycles. The second kappa shape index (κ2) is 7.58.